The Morgan fingerprint density at radius 2 is 1.61 bits per heavy atom. The van der Waals surface area contributed by atoms with Gasteiger partial charge in [-0.1, -0.05) is 30.3 Å². The van der Waals surface area contributed by atoms with E-state index in [9.17, 15) is 4.79 Å². The molecule has 0 fully saturated rings. The van der Waals surface area contributed by atoms with Gasteiger partial charge in [0.15, 0.2) is 0 Å². The fourth-order valence-corrected chi connectivity index (χ4v) is 2.17. The molecule has 114 valence electrons. The summed E-state index contributed by atoms with van der Waals surface area (Å²) in [5.74, 6) is 0.716. The first-order valence-corrected chi connectivity index (χ1v) is 7.13. The molecule has 3 aromatic rings. The zero-order valence-electron chi connectivity index (χ0n) is 12.6. The lowest BCUT2D eigenvalue weighted by atomic mass is 10.1. The van der Waals surface area contributed by atoms with Crippen molar-refractivity contribution in [3.8, 4) is 11.5 Å². The second kappa shape index (κ2) is 6.75. The SMILES string of the molecule is COc1ccc(N=CC(=O)Oc2ccc3ccccc3c2)cc1. The lowest BCUT2D eigenvalue weighted by Crippen LogP contribution is -2.08. The summed E-state index contributed by atoms with van der Waals surface area (Å²) in [5, 5.41) is 2.11. The highest BCUT2D eigenvalue weighted by Gasteiger charge is 2.03. The number of benzene rings is 3. The Morgan fingerprint density at radius 1 is 0.913 bits per heavy atom. The zero-order valence-corrected chi connectivity index (χ0v) is 12.6. The molecule has 4 heteroatoms. The van der Waals surface area contributed by atoms with E-state index >= 15 is 0 Å². The van der Waals surface area contributed by atoms with E-state index < -0.39 is 5.97 Å². The number of methoxy groups -OCH3 is 1. The first-order valence-electron chi connectivity index (χ1n) is 7.13. The Balaban J connectivity index is 1.68. The first kappa shape index (κ1) is 14.8. The number of nitrogens with zero attached hydrogens (tertiary/aromatic N) is 1. The van der Waals surface area contributed by atoms with Crippen molar-refractivity contribution in [3.63, 3.8) is 0 Å². The molecule has 0 atom stereocenters. The average molecular weight is 305 g/mol. The number of hydrogen-bond donors (Lipinski definition) is 0. The molecule has 3 aromatic carbocycles. The van der Waals surface area contributed by atoms with E-state index in [1.807, 2.05) is 36.4 Å². The van der Waals surface area contributed by atoms with Crippen LogP contribution in [0.5, 0.6) is 11.5 Å². The van der Waals surface area contributed by atoms with Crippen molar-refractivity contribution in [1.29, 1.82) is 0 Å². The van der Waals surface area contributed by atoms with E-state index in [1.165, 1.54) is 0 Å². The van der Waals surface area contributed by atoms with Crippen molar-refractivity contribution in [2.24, 2.45) is 4.99 Å². The number of carbonyl (C=O) groups is 1. The number of ether oxygens (including phenoxy) is 2. The van der Waals surface area contributed by atoms with Crippen molar-refractivity contribution >= 4 is 28.6 Å². The van der Waals surface area contributed by atoms with Crippen LogP contribution in [0.25, 0.3) is 10.8 Å². The molecule has 0 saturated heterocycles. The molecule has 4 nitrogen and oxygen atoms in total. The maximum atomic E-state index is 11.8. The van der Waals surface area contributed by atoms with Crippen LogP contribution >= 0.6 is 0 Å². The third-order valence-corrected chi connectivity index (χ3v) is 3.33. The molecule has 0 unspecified atom stereocenters. The first-order chi connectivity index (χ1) is 11.2. The third-order valence-electron chi connectivity index (χ3n) is 3.33. The fourth-order valence-electron chi connectivity index (χ4n) is 2.17. The second-order valence-corrected chi connectivity index (χ2v) is 4.89. The van der Waals surface area contributed by atoms with E-state index in [4.69, 9.17) is 9.47 Å². The molecule has 0 amide bonds. The van der Waals surface area contributed by atoms with Crippen molar-refractivity contribution < 1.29 is 14.3 Å². The van der Waals surface area contributed by atoms with Crippen LogP contribution in [0.2, 0.25) is 0 Å². The van der Waals surface area contributed by atoms with Crippen LogP contribution in [0.4, 0.5) is 5.69 Å². The quantitative estimate of drug-likeness (QED) is 0.413. The molecule has 0 aliphatic heterocycles. The Kier molecular flexibility index (Phi) is 4.34. The van der Waals surface area contributed by atoms with Gasteiger partial charge in [-0.2, -0.15) is 0 Å². The van der Waals surface area contributed by atoms with Crippen LogP contribution in [0.15, 0.2) is 71.7 Å². The van der Waals surface area contributed by atoms with Crippen LogP contribution in [0, 0.1) is 0 Å². The summed E-state index contributed by atoms with van der Waals surface area (Å²) in [5.41, 5.74) is 0.654. The maximum absolute atomic E-state index is 11.8. The highest BCUT2D eigenvalue weighted by atomic mass is 16.5. The van der Waals surface area contributed by atoms with Crippen LogP contribution in [0.1, 0.15) is 0 Å². The van der Waals surface area contributed by atoms with Gasteiger partial charge in [-0.15, -0.1) is 0 Å². The highest BCUT2D eigenvalue weighted by molar-refractivity contribution is 6.24. The average Bonchev–Trinajstić information content (AvgIpc) is 2.60. The summed E-state index contributed by atoms with van der Waals surface area (Å²) in [6.07, 6.45) is 1.16. The Bertz CT molecular complexity index is 854. The number of hydrogen-bond acceptors (Lipinski definition) is 4. The summed E-state index contributed by atoms with van der Waals surface area (Å²) in [6, 6.07) is 20.5. The van der Waals surface area contributed by atoms with Gasteiger partial charge in [-0.3, -0.25) is 0 Å². The van der Waals surface area contributed by atoms with E-state index in [0.29, 0.717) is 11.4 Å². The predicted molar refractivity (Wildman–Crippen MR) is 90.7 cm³/mol. The fraction of sp³-hybridized carbons (Fsp3) is 0.0526. The minimum atomic E-state index is -0.518. The van der Waals surface area contributed by atoms with Gasteiger partial charge in [0.2, 0.25) is 0 Å². The predicted octanol–water partition coefficient (Wildman–Crippen LogP) is 4.16. The van der Waals surface area contributed by atoms with Crippen molar-refractivity contribution in [3.05, 3.63) is 66.7 Å². The summed E-state index contributed by atoms with van der Waals surface area (Å²) < 4.78 is 10.3. The minimum absolute atomic E-state index is 0.495. The molecule has 0 spiro atoms. The molecule has 0 aliphatic carbocycles. The smallest absolute Gasteiger partial charge is 0.354 e. The van der Waals surface area contributed by atoms with Crippen molar-refractivity contribution in [1.82, 2.24) is 0 Å². The molecule has 0 saturated carbocycles. The summed E-state index contributed by atoms with van der Waals surface area (Å²) in [4.78, 5) is 15.9. The van der Waals surface area contributed by atoms with Gasteiger partial charge < -0.3 is 9.47 Å². The molecular formula is C19H15NO3. The van der Waals surface area contributed by atoms with Crippen LogP contribution < -0.4 is 9.47 Å². The normalized spacial score (nSPS) is 10.8. The molecular weight excluding hydrogens is 290 g/mol. The van der Waals surface area contributed by atoms with Gasteiger partial charge in [0.05, 0.1) is 12.8 Å². The minimum Gasteiger partial charge on any atom is -0.497 e. The highest BCUT2D eigenvalue weighted by Crippen LogP contribution is 2.21. The number of carbonyl (C=O) groups excluding carboxylic acids is 1. The lowest BCUT2D eigenvalue weighted by Gasteiger charge is -2.03. The van der Waals surface area contributed by atoms with E-state index in [-0.39, 0.29) is 0 Å². The molecule has 0 aliphatic rings. The maximum Gasteiger partial charge on any atom is 0.354 e. The Labute approximate surface area is 134 Å². The number of aliphatic imine (C=N–C) groups is 1. The summed E-state index contributed by atoms with van der Waals surface area (Å²) >= 11 is 0. The third kappa shape index (κ3) is 3.74. The molecule has 0 N–H and O–H groups in total. The van der Waals surface area contributed by atoms with Gasteiger partial charge in [-0.25, -0.2) is 9.79 Å². The number of rotatable bonds is 4. The van der Waals surface area contributed by atoms with Gasteiger partial charge in [0.25, 0.3) is 0 Å². The van der Waals surface area contributed by atoms with Gasteiger partial charge >= 0.3 is 5.97 Å². The van der Waals surface area contributed by atoms with Gasteiger partial charge in [0.1, 0.15) is 17.7 Å². The molecule has 0 heterocycles. The van der Waals surface area contributed by atoms with Crippen LogP contribution in [0.3, 0.4) is 0 Å². The topological polar surface area (TPSA) is 47.9 Å². The molecule has 3 rings (SSSR count). The van der Waals surface area contributed by atoms with E-state index in [2.05, 4.69) is 4.99 Å². The molecule has 0 bridgehead atoms. The second-order valence-electron chi connectivity index (χ2n) is 4.89. The van der Waals surface area contributed by atoms with Gasteiger partial charge in [-0.05, 0) is 47.2 Å². The molecule has 0 aromatic heterocycles. The summed E-state index contributed by atoms with van der Waals surface area (Å²) in [7, 11) is 1.60. The lowest BCUT2D eigenvalue weighted by molar-refractivity contribution is -0.126. The van der Waals surface area contributed by atoms with Crippen molar-refractivity contribution in [2.75, 3.05) is 7.11 Å². The van der Waals surface area contributed by atoms with Crippen molar-refractivity contribution in [2.45, 2.75) is 0 Å². The Morgan fingerprint density at radius 3 is 2.35 bits per heavy atom. The number of fused-ring (bicyclic) bond motifs is 1. The Hall–Kier alpha value is -3.14. The van der Waals surface area contributed by atoms with Crippen LogP contribution in [-0.2, 0) is 4.79 Å². The zero-order chi connectivity index (χ0) is 16.1. The molecule has 23 heavy (non-hydrogen) atoms. The largest absolute Gasteiger partial charge is 0.497 e. The van der Waals surface area contributed by atoms with Gasteiger partial charge in [0, 0.05) is 0 Å². The van der Waals surface area contributed by atoms with Crippen LogP contribution in [-0.4, -0.2) is 19.3 Å². The van der Waals surface area contributed by atoms with E-state index in [0.717, 1.165) is 22.7 Å². The molecule has 0 radical (unpaired) electrons. The summed E-state index contributed by atoms with van der Waals surface area (Å²) in [6.45, 7) is 0. The van der Waals surface area contributed by atoms with E-state index in [1.54, 1.807) is 37.4 Å². The standard InChI is InChI=1S/C19H15NO3/c1-22-17-10-7-16(8-11-17)20-13-19(21)23-18-9-6-14-4-2-3-5-15(14)12-18/h2-13H,1H3. The number of esters is 1. The monoisotopic (exact) mass is 305 g/mol.